The van der Waals surface area contributed by atoms with E-state index in [1.54, 1.807) is 0 Å². The Morgan fingerprint density at radius 3 is 2.13 bits per heavy atom. The summed E-state index contributed by atoms with van der Waals surface area (Å²) in [5.41, 5.74) is -1.47. The Labute approximate surface area is 182 Å². The average Bonchev–Trinajstić information content (AvgIpc) is 2.65. The molecule has 3 rings (SSSR count). The molecule has 0 bridgehead atoms. The van der Waals surface area contributed by atoms with Crippen LogP contribution in [-0.4, -0.2) is 14.9 Å². The summed E-state index contributed by atoms with van der Waals surface area (Å²) in [6.07, 6.45) is -3.63. The van der Waals surface area contributed by atoms with Gasteiger partial charge < -0.3 is 10.6 Å². The molecule has 30 heavy (non-hydrogen) atoms. The van der Waals surface area contributed by atoms with Crippen LogP contribution in [0.1, 0.15) is 5.56 Å². The molecule has 13 heteroatoms. The third-order valence-electron chi connectivity index (χ3n) is 3.73. The largest absolute Gasteiger partial charge is 0.416 e. The van der Waals surface area contributed by atoms with Crippen LogP contribution in [0.2, 0.25) is 15.1 Å². The Morgan fingerprint density at radius 2 is 1.53 bits per heavy atom. The number of alkyl halides is 3. The first-order valence-corrected chi connectivity index (χ1v) is 9.05. The van der Waals surface area contributed by atoms with Crippen LogP contribution in [0.4, 0.5) is 41.9 Å². The summed E-state index contributed by atoms with van der Waals surface area (Å²) >= 11 is 17.7. The molecule has 2 aromatic carbocycles. The molecule has 0 atom stereocenters. The Kier molecular flexibility index (Phi) is 6.20. The molecule has 3 aromatic rings. The van der Waals surface area contributed by atoms with E-state index in [0.29, 0.717) is 5.69 Å². The van der Waals surface area contributed by atoms with E-state index in [4.69, 9.17) is 34.8 Å². The van der Waals surface area contributed by atoms with Gasteiger partial charge in [0, 0.05) is 5.69 Å². The summed E-state index contributed by atoms with van der Waals surface area (Å²) in [6.45, 7) is 0. The minimum Gasteiger partial charge on any atom is -0.334 e. The zero-order chi connectivity index (χ0) is 22.1. The fourth-order valence-electron chi connectivity index (χ4n) is 2.37. The first kappa shape index (κ1) is 21.9. The molecular weight excluding hydrogens is 470 g/mol. The van der Waals surface area contributed by atoms with E-state index < -0.39 is 22.4 Å². The van der Waals surface area contributed by atoms with Gasteiger partial charge in [-0.05, 0) is 36.4 Å². The Hall–Kier alpha value is -2.82. The number of aromatic nitrogens is 2. The molecule has 0 spiro atoms. The lowest BCUT2D eigenvalue weighted by Gasteiger charge is -2.13. The van der Waals surface area contributed by atoms with Gasteiger partial charge in [-0.1, -0.05) is 34.8 Å². The van der Waals surface area contributed by atoms with Gasteiger partial charge in [0.25, 0.3) is 0 Å². The second kappa shape index (κ2) is 8.50. The topological polar surface area (TPSA) is 93.0 Å². The maximum Gasteiger partial charge on any atom is 0.416 e. The maximum atomic E-state index is 13.0. The van der Waals surface area contributed by atoms with Crippen LogP contribution in [0.25, 0.3) is 0 Å². The fourth-order valence-corrected chi connectivity index (χ4v) is 2.83. The predicted octanol–water partition coefficient (Wildman–Crippen LogP) is 6.85. The monoisotopic (exact) mass is 477 g/mol. The smallest absolute Gasteiger partial charge is 0.334 e. The van der Waals surface area contributed by atoms with Gasteiger partial charge >= 0.3 is 11.9 Å². The first-order valence-electron chi connectivity index (χ1n) is 7.91. The minimum atomic E-state index is -4.63. The van der Waals surface area contributed by atoms with Gasteiger partial charge in [-0.3, -0.25) is 10.1 Å². The van der Waals surface area contributed by atoms with Gasteiger partial charge in [0.15, 0.2) is 0 Å². The second-order valence-electron chi connectivity index (χ2n) is 5.75. The van der Waals surface area contributed by atoms with Crippen LogP contribution in [0.3, 0.4) is 0 Å². The van der Waals surface area contributed by atoms with Crippen LogP contribution in [0, 0.1) is 10.1 Å². The zero-order valence-electron chi connectivity index (χ0n) is 14.5. The van der Waals surface area contributed by atoms with Crippen molar-refractivity contribution in [2.45, 2.75) is 6.18 Å². The summed E-state index contributed by atoms with van der Waals surface area (Å²) in [5, 5.41) is 17.2. The number of halogens is 6. The quantitative estimate of drug-likeness (QED) is 0.308. The van der Waals surface area contributed by atoms with Crippen molar-refractivity contribution in [1.82, 2.24) is 9.97 Å². The zero-order valence-corrected chi connectivity index (χ0v) is 16.7. The molecule has 7 nitrogen and oxygen atoms in total. The molecule has 2 N–H and O–H groups in total. The molecule has 0 unspecified atom stereocenters. The molecule has 0 radical (unpaired) electrons. The number of nitro groups is 1. The highest BCUT2D eigenvalue weighted by Crippen LogP contribution is 2.38. The number of benzene rings is 2. The van der Waals surface area contributed by atoms with Gasteiger partial charge in [-0.2, -0.15) is 13.2 Å². The van der Waals surface area contributed by atoms with Gasteiger partial charge in [0.05, 0.1) is 31.2 Å². The summed E-state index contributed by atoms with van der Waals surface area (Å²) in [6, 6.07) is 6.94. The van der Waals surface area contributed by atoms with E-state index in [1.165, 1.54) is 18.2 Å². The molecule has 0 amide bonds. The number of nitrogens with one attached hydrogen (secondary N) is 2. The number of hydrogen-bond donors (Lipinski definition) is 2. The molecule has 0 aliphatic heterocycles. The van der Waals surface area contributed by atoms with Crippen molar-refractivity contribution in [3.63, 3.8) is 0 Å². The highest BCUT2D eigenvalue weighted by Gasteiger charge is 2.31. The number of rotatable bonds is 5. The van der Waals surface area contributed by atoms with Crippen molar-refractivity contribution in [2.24, 2.45) is 0 Å². The van der Waals surface area contributed by atoms with Crippen molar-refractivity contribution in [3.05, 3.63) is 73.5 Å². The van der Waals surface area contributed by atoms with Gasteiger partial charge in [0.1, 0.15) is 6.33 Å². The van der Waals surface area contributed by atoms with E-state index in [0.717, 1.165) is 24.5 Å². The maximum absolute atomic E-state index is 13.0. The molecule has 0 fully saturated rings. The van der Waals surface area contributed by atoms with Gasteiger partial charge in [-0.15, -0.1) is 0 Å². The summed E-state index contributed by atoms with van der Waals surface area (Å²) in [5.74, 6) is -0.585. The van der Waals surface area contributed by atoms with Crippen LogP contribution in [0.5, 0.6) is 0 Å². The lowest BCUT2D eigenvalue weighted by atomic mass is 10.2. The van der Waals surface area contributed by atoms with E-state index >= 15 is 0 Å². The Bertz CT molecular complexity index is 1130. The van der Waals surface area contributed by atoms with Crippen molar-refractivity contribution >= 4 is 63.5 Å². The predicted molar refractivity (Wildman–Crippen MR) is 108 cm³/mol. The normalized spacial score (nSPS) is 11.3. The molecule has 1 aromatic heterocycles. The Balaban J connectivity index is 2.01. The number of nitrogens with zero attached hydrogens (tertiary/aromatic N) is 3. The lowest BCUT2D eigenvalue weighted by Crippen LogP contribution is -2.08. The number of anilines is 4. The molecule has 0 aliphatic rings. The third-order valence-corrected chi connectivity index (χ3v) is 4.80. The highest BCUT2D eigenvalue weighted by atomic mass is 35.5. The summed E-state index contributed by atoms with van der Waals surface area (Å²) < 4.78 is 38.9. The SMILES string of the molecule is O=[N+]([O-])c1c(Nc2ccc(Cl)c(Cl)c2)ncnc1Nc1cc(C(F)(F)F)ccc1Cl. The summed E-state index contributed by atoms with van der Waals surface area (Å²) in [4.78, 5) is 18.5. The van der Waals surface area contributed by atoms with Crippen molar-refractivity contribution < 1.29 is 18.1 Å². The number of hydrogen-bond acceptors (Lipinski definition) is 6. The average molecular weight is 479 g/mol. The van der Waals surface area contributed by atoms with Crippen LogP contribution < -0.4 is 10.6 Å². The van der Waals surface area contributed by atoms with E-state index in [2.05, 4.69) is 20.6 Å². The molecule has 156 valence electrons. The first-order chi connectivity index (χ1) is 14.1. The van der Waals surface area contributed by atoms with Crippen molar-refractivity contribution in [2.75, 3.05) is 10.6 Å². The van der Waals surface area contributed by atoms with Crippen LogP contribution in [0.15, 0.2) is 42.7 Å². The van der Waals surface area contributed by atoms with E-state index in [9.17, 15) is 23.3 Å². The van der Waals surface area contributed by atoms with E-state index in [1.807, 2.05) is 0 Å². The minimum absolute atomic E-state index is 0.0881. The van der Waals surface area contributed by atoms with Gasteiger partial charge in [0.2, 0.25) is 11.6 Å². The molecule has 0 saturated carbocycles. The lowest BCUT2D eigenvalue weighted by molar-refractivity contribution is -0.383. The second-order valence-corrected chi connectivity index (χ2v) is 6.97. The van der Waals surface area contributed by atoms with Crippen LogP contribution in [-0.2, 0) is 6.18 Å². The molecule has 0 saturated heterocycles. The van der Waals surface area contributed by atoms with E-state index in [-0.39, 0.29) is 32.4 Å². The summed E-state index contributed by atoms with van der Waals surface area (Å²) in [7, 11) is 0. The molecule has 1 heterocycles. The standard InChI is InChI=1S/C17H9Cl3F3N5O2/c18-10-4-2-9(6-12(10)20)26-15-14(28(29)30)16(25-7-24-15)27-13-5-8(17(21,22)23)1-3-11(13)19/h1-7H,(H2,24,25,26,27). The third kappa shape index (κ3) is 4.84. The fraction of sp³-hybridized carbons (Fsp3) is 0.0588. The molecule has 0 aliphatic carbocycles. The van der Waals surface area contributed by atoms with Crippen molar-refractivity contribution in [3.8, 4) is 0 Å². The van der Waals surface area contributed by atoms with Crippen LogP contribution >= 0.6 is 34.8 Å². The van der Waals surface area contributed by atoms with Gasteiger partial charge in [-0.25, -0.2) is 9.97 Å². The van der Waals surface area contributed by atoms with Crippen molar-refractivity contribution in [1.29, 1.82) is 0 Å². The molecular formula is C17H9Cl3F3N5O2. The highest BCUT2D eigenvalue weighted by molar-refractivity contribution is 6.42. The Morgan fingerprint density at radius 1 is 0.900 bits per heavy atom.